The van der Waals surface area contributed by atoms with Crippen LogP contribution in [0.4, 0.5) is 11.4 Å². The Bertz CT molecular complexity index is 2660. The summed E-state index contributed by atoms with van der Waals surface area (Å²) in [5.74, 6) is 1.83. The fraction of sp³-hybridized carbons (Fsp3) is 0.116. The Balaban J connectivity index is 0.000000177. The summed E-state index contributed by atoms with van der Waals surface area (Å²) in [5.41, 5.74) is 5.88. The number of amides is 2. The van der Waals surface area contributed by atoms with Gasteiger partial charge in [-0.1, -0.05) is 24.3 Å². The number of anilines is 2. The summed E-state index contributed by atoms with van der Waals surface area (Å²) in [7, 11) is 7.63. The molecule has 0 atom stereocenters. The average Bonchev–Trinajstić information content (AvgIpc) is 3.91. The predicted octanol–water partition coefficient (Wildman–Crippen LogP) is 9.26. The smallest absolute Gasteiger partial charge is 0.255 e. The Hall–Kier alpha value is -7.10. The number of carbonyl (C=O) groups is 2. The van der Waals surface area contributed by atoms with Gasteiger partial charge < -0.3 is 34.3 Å². The molecule has 0 bridgehead atoms. The van der Waals surface area contributed by atoms with E-state index in [1.165, 1.54) is 28.4 Å². The van der Waals surface area contributed by atoms with Gasteiger partial charge in [-0.2, -0.15) is 0 Å². The molecule has 0 fully saturated rings. The molecule has 15 heteroatoms. The van der Waals surface area contributed by atoms with Gasteiger partial charge in [-0.3, -0.25) is 19.6 Å². The Kier molecular flexibility index (Phi) is 12.0. The summed E-state index contributed by atoms with van der Waals surface area (Å²) in [6.07, 6.45) is 7.05. The van der Waals surface area contributed by atoms with Crippen LogP contribution in [0.15, 0.2) is 116 Å². The number of thiazole rings is 2. The summed E-state index contributed by atoms with van der Waals surface area (Å²) in [4.78, 5) is 43.0. The van der Waals surface area contributed by atoms with Crippen molar-refractivity contribution >= 4 is 66.3 Å². The fourth-order valence-electron chi connectivity index (χ4n) is 5.86. The molecule has 0 spiro atoms. The van der Waals surface area contributed by atoms with Crippen molar-refractivity contribution in [3.8, 4) is 49.9 Å². The molecule has 8 rings (SSSR count). The molecular formula is C43H36N6O7S2. The number of hydrogen-bond donors (Lipinski definition) is 2. The number of rotatable bonds is 11. The molecule has 0 unspecified atom stereocenters. The Morgan fingerprint density at radius 1 is 0.517 bits per heavy atom. The molecule has 58 heavy (non-hydrogen) atoms. The molecule has 8 aromatic rings. The second kappa shape index (κ2) is 17.8. The molecule has 292 valence electrons. The van der Waals surface area contributed by atoms with E-state index in [1.807, 2.05) is 60.7 Å². The van der Waals surface area contributed by atoms with Crippen LogP contribution in [0.3, 0.4) is 0 Å². The molecule has 4 aromatic heterocycles. The third-order valence-corrected chi connectivity index (χ3v) is 10.8. The van der Waals surface area contributed by atoms with E-state index in [9.17, 15) is 9.59 Å². The molecular weight excluding hydrogens is 777 g/mol. The fourth-order valence-corrected chi connectivity index (χ4v) is 7.72. The molecule has 0 aliphatic rings. The number of aromatic nitrogens is 4. The monoisotopic (exact) mass is 812 g/mol. The molecule has 2 amide bonds. The number of hydrogen-bond acceptors (Lipinski definition) is 13. The third kappa shape index (κ3) is 8.65. The first kappa shape index (κ1) is 39.1. The minimum atomic E-state index is -0.292. The van der Waals surface area contributed by atoms with E-state index < -0.39 is 0 Å². The van der Waals surface area contributed by atoms with Crippen LogP contribution in [-0.2, 0) is 0 Å². The van der Waals surface area contributed by atoms with Crippen LogP contribution in [0.5, 0.6) is 28.7 Å². The standard InChI is InChI=1S/C22H19N3O4S.C21H17N3O3S/c1-27-17-10-14(11-18(28-2)20(17)29-3)21(26)24-15-6-4-5-13(9-15)22-25-16-7-8-23-12-19(16)30-22;1-26-17-7-6-13(11-18(17)27-2)20(25)23-15-5-3-4-14(10-15)21-24-16-8-9-22-12-19(16)28-21/h4-12H,1-3H3,(H,24,26);3-12H,1-2H3,(H,23,25). The SMILES string of the molecule is COc1cc(C(=O)Nc2cccc(-c3nc4ccncc4s3)c2)cc(OC)c1OC.COc1ccc(C(=O)Nc2cccc(-c3nc4ccncc4s3)c2)cc1OC. The number of benzene rings is 4. The Morgan fingerprint density at radius 2 is 1.00 bits per heavy atom. The van der Waals surface area contributed by atoms with Crippen LogP contribution >= 0.6 is 22.7 Å². The molecule has 0 saturated heterocycles. The number of ether oxygens (including phenoxy) is 5. The second-order valence-corrected chi connectivity index (χ2v) is 14.3. The molecule has 13 nitrogen and oxygen atoms in total. The van der Waals surface area contributed by atoms with Gasteiger partial charge in [-0.15, -0.1) is 22.7 Å². The van der Waals surface area contributed by atoms with E-state index in [2.05, 4.69) is 30.6 Å². The van der Waals surface area contributed by atoms with Crippen molar-refractivity contribution in [2.24, 2.45) is 0 Å². The van der Waals surface area contributed by atoms with Crippen LogP contribution in [0.2, 0.25) is 0 Å². The van der Waals surface area contributed by atoms with E-state index in [1.54, 1.807) is 84.9 Å². The molecule has 0 aliphatic carbocycles. The first-order valence-electron chi connectivity index (χ1n) is 17.6. The lowest BCUT2D eigenvalue weighted by atomic mass is 10.1. The number of nitrogens with zero attached hydrogens (tertiary/aromatic N) is 4. The van der Waals surface area contributed by atoms with E-state index >= 15 is 0 Å². The predicted molar refractivity (Wildman–Crippen MR) is 227 cm³/mol. The van der Waals surface area contributed by atoms with Crippen LogP contribution in [0, 0.1) is 0 Å². The normalized spacial score (nSPS) is 10.6. The minimum absolute atomic E-state index is 0.230. The maximum atomic E-state index is 12.9. The zero-order chi connectivity index (χ0) is 40.6. The number of pyridine rings is 2. The first-order chi connectivity index (χ1) is 28.3. The van der Waals surface area contributed by atoms with E-state index in [-0.39, 0.29) is 11.8 Å². The summed E-state index contributed by atoms with van der Waals surface area (Å²) >= 11 is 3.12. The van der Waals surface area contributed by atoms with Gasteiger partial charge in [-0.25, -0.2) is 9.97 Å². The lowest BCUT2D eigenvalue weighted by Gasteiger charge is -2.14. The highest BCUT2D eigenvalue weighted by Gasteiger charge is 2.18. The van der Waals surface area contributed by atoms with E-state index in [0.717, 1.165) is 41.6 Å². The highest BCUT2D eigenvalue weighted by molar-refractivity contribution is 7.22. The topological polar surface area (TPSA) is 156 Å². The van der Waals surface area contributed by atoms with Crippen molar-refractivity contribution in [3.05, 3.63) is 127 Å². The first-order valence-corrected chi connectivity index (χ1v) is 19.2. The van der Waals surface area contributed by atoms with Crippen LogP contribution in [0.25, 0.3) is 41.6 Å². The van der Waals surface area contributed by atoms with E-state index in [0.29, 0.717) is 51.2 Å². The van der Waals surface area contributed by atoms with Crippen molar-refractivity contribution in [3.63, 3.8) is 0 Å². The summed E-state index contributed by atoms with van der Waals surface area (Å²) in [5, 5.41) is 7.58. The van der Waals surface area contributed by atoms with Gasteiger partial charge >= 0.3 is 0 Å². The highest BCUT2D eigenvalue weighted by Crippen LogP contribution is 2.39. The third-order valence-electron chi connectivity index (χ3n) is 8.69. The minimum Gasteiger partial charge on any atom is -0.493 e. The van der Waals surface area contributed by atoms with Gasteiger partial charge in [0, 0.05) is 58.4 Å². The van der Waals surface area contributed by atoms with Crippen molar-refractivity contribution < 1.29 is 33.3 Å². The summed E-state index contributed by atoms with van der Waals surface area (Å²) in [6, 6.07) is 27.2. The highest BCUT2D eigenvalue weighted by atomic mass is 32.1. The number of carbonyl (C=O) groups excluding carboxylic acids is 2. The zero-order valence-corrected chi connectivity index (χ0v) is 33.6. The molecule has 4 heterocycles. The molecule has 0 saturated carbocycles. The van der Waals surface area contributed by atoms with Gasteiger partial charge in [0.1, 0.15) is 10.0 Å². The average molecular weight is 813 g/mol. The lowest BCUT2D eigenvalue weighted by molar-refractivity contribution is 0.101. The Labute approximate surface area is 341 Å². The summed E-state index contributed by atoms with van der Waals surface area (Å²) < 4.78 is 28.5. The number of nitrogens with one attached hydrogen (secondary N) is 2. The largest absolute Gasteiger partial charge is 0.493 e. The molecule has 4 aromatic carbocycles. The zero-order valence-electron chi connectivity index (χ0n) is 31.9. The van der Waals surface area contributed by atoms with Crippen molar-refractivity contribution in [2.45, 2.75) is 0 Å². The quantitative estimate of drug-likeness (QED) is 0.128. The maximum absolute atomic E-state index is 12.9. The van der Waals surface area contributed by atoms with E-state index in [4.69, 9.17) is 23.7 Å². The molecule has 0 aliphatic heterocycles. The van der Waals surface area contributed by atoms with Crippen molar-refractivity contribution in [1.29, 1.82) is 0 Å². The van der Waals surface area contributed by atoms with Crippen LogP contribution in [0.1, 0.15) is 20.7 Å². The second-order valence-electron chi connectivity index (χ2n) is 12.3. The van der Waals surface area contributed by atoms with Crippen molar-refractivity contribution in [2.75, 3.05) is 46.2 Å². The lowest BCUT2D eigenvalue weighted by Crippen LogP contribution is -2.12. The molecule has 0 radical (unpaired) electrons. The van der Waals surface area contributed by atoms with Gasteiger partial charge in [0.2, 0.25) is 5.75 Å². The van der Waals surface area contributed by atoms with Gasteiger partial charge in [-0.05, 0) is 66.7 Å². The Morgan fingerprint density at radius 3 is 1.47 bits per heavy atom. The van der Waals surface area contributed by atoms with Gasteiger partial charge in [0.15, 0.2) is 23.0 Å². The van der Waals surface area contributed by atoms with Gasteiger partial charge in [0.05, 0.1) is 56.0 Å². The summed E-state index contributed by atoms with van der Waals surface area (Å²) in [6.45, 7) is 0. The van der Waals surface area contributed by atoms with Crippen LogP contribution < -0.4 is 34.3 Å². The number of methoxy groups -OCH3 is 5. The molecule has 2 N–H and O–H groups in total. The maximum Gasteiger partial charge on any atom is 0.255 e. The van der Waals surface area contributed by atoms with Crippen LogP contribution in [-0.4, -0.2) is 67.3 Å². The number of fused-ring (bicyclic) bond motifs is 2. The van der Waals surface area contributed by atoms with Crippen molar-refractivity contribution in [1.82, 2.24) is 19.9 Å². The van der Waals surface area contributed by atoms with Gasteiger partial charge in [0.25, 0.3) is 11.8 Å².